The first-order valence-corrected chi connectivity index (χ1v) is 8.95. The van der Waals surface area contributed by atoms with Crippen molar-refractivity contribution in [3.8, 4) is 5.75 Å². The van der Waals surface area contributed by atoms with Crippen molar-refractivity contribution in [3.63, 3.8) is 0 Å². The SMILES string of the molecule is COc1cc(Cl)c(C)cc1Nc1ccc(C(=O)N2CCN(C=O)CC2)nc1. The number of benzene rings is 1. The monoisotopic (exact) mass is 388 g/mol. The summed E-state index contributed by atoms with van der Waals surface area (Å²) in [6.45, 7) is 4.04. The molecule has 1 fully saturated rings. The number of ether oxygens (including phenoxy) is 1. The maximum absolute atomic E-state index is 12.5. The number of aromatic nitrogens is 1. The van der Waals surface area contributed by atoms with E-state index in [9.17, 15) is 9.59 Å². The van der Waals surface area contributed by atoms with Gasteiger partial charge in [-0.1, -0.05) is 11.6 Å². The van der Waals surface area contributed by atoms with Gasteiger partial charge in [-0.3, -0.25) is 9.59 Å². The molecule has 2 amide bonds. The molecule has 1 aliphatic rings. The zero-order chi connectivity index (χ0) is 19.4. The van der Waals surface area contributed by atoms with Gasteiger partial charge in [-0.25, -0.2) is 4.98 Å². The number of amides is 2. The molecule has 0 atom stereocenters. The van der Waals surface area contributed by atoms with E-state index in [2.05, 4.69) is 10.3 Å². The molecule has 0 spiro atoms. The van der Waals surface area contributed by atoms with Crippen LogP contribution in [-0.4, -0.2) is 60.4 Å². The number of halogens is 1. The van der Waals surface area contributed by atoms with Gasteiger partial charge in [0.15, 0.2) is 0 Å². The van der Waals surface area contributed by atoms with Crippen molar-refractivity contribution in [2.75, 3.05) is 38.6 Å². The van der Waals surface area contributed by atoms with E-state index in [0.29, 0.717) is 42.6 Å². The van der Waals surface area contributed by atoms with Gasteiger partial charge in [0, 0.05) is 37.3 Å². The molecule has 0 aliphatic carbocycles. The van der Waals surface area contributed by atoms with Crippen LogP contribution in [0, 0.1) is 6.92 Å². The Morgan fingerprint density at radius 2 is 2.00 bits per heavy atom. The molecule has 0 radical (unpaired) electrons. The lowest BCUT2D eigenvalue weighted by Crippen LogP contribution is -2.48. The fraction of sp³-hybridized carbons (Fsp3) is 0.316. The summed E-state index contributed by atoms with van der Waals surface area (Å²) in [5.74, 6) is 0.491. The normalized spacial score (nSPS) is 14.0. The molecule has 1 aliphatic heterocycles. The average molecular weight is 389 g/mol. The second-order valence-corrected chi connectivity index (χ2v) is 6.70. The van der Waals surface area contributed by atoms with Crippen LogP contribution in [-0.2, 0) is 4.79 Å². The van der Waals surface area contributed by atoms with Crippen molar-refractivity contribution >= 4 is 35.3 Å². The molecule has 3 rings (SSSR count). The minimum Gasteiger partial charge on any atom is -0.495 e. The highest BCUT2D eigenvalue weighted by molar-refractivity contribution is 6.31. The lowest BCUT2D eigenvalue weighted by atomic mass is 10.2. The Kier molecular flexibility index (Phi) is 5.81. The third kappa shape index (κ3) is 4.31. The van der Waals surface area contributed by atoms with Gasteiger partial charge >= 0.3 is 0 Å². The van der Waals surface area contributed by atoms with Crippen LogP contribution >= 0.6 is 11.6 Å². The standard InChI is InChI=1S/C19H21ClN4O3/c1-13-9-17(18(27-2)10-15(13)20)22-14-3-4-16(21-11-14)19(26)24-7-5-23(12-25)6-8-24/h3-4,9-12,22H,5-8H2,1-2H3. The number of hydrogen-bond donors (Lipinski definition) is 1. The molecule has 7 nitrogen and oxygen atoms in total. The predicted molar refractivity (Wildman–Crippen MR) is 104 cm³/mol. The van der Waals surface area contributed by atoms with Crippen molar-refractivity contribution < 1.29 is 14.3 Å². The molecule has 8 heteroatoms. The second-order valence-electron chi connectivity index (χ2n) is 6.29. The summed E-state index contributed by atoms with van der Waals surface area (Å²) in [6, 6.07) is 7.13. The van der Waals surface area contributed by atoms with Crippen molar-refractivity contribution in [1.82, 2.24) is 14.8 Å². The molecular weight excluding hydrogens is 368 g/mol. The van der Waals surface area contributed by atoms with Crippen LogP contribution in [0.15, 0.2) is 30.5 Å². The first-order chi connectivity index (χ1) is 13.0. The lowest BCUT2D eigenvalue weighted by molar-refractivity contribution is -0.119. The highest BCUT2D eigenvalue weighted by atomic mass is 35.5. The Bertz CT molecular complexity index is 834. The van der Waals surface area contributed by atoms with Crippen LogP contribution < -0.4 is 10.1 Å². The minimum atomic E-state index is -0.132. The summed E-state index contributed by atoms with van der Waals surface area (Å²) in [5.41, 5.74) is 2.80. The molecule has 1 saturated heterocycles. The van der Waals surface area contributed by atoms with E-state index in [1.807, 2.05) is 13.0 Å². The summed E-state index contributed by atoms with van der Waals surface area (Å²) in [4.78, 5) is 31.0. The third-order valence-electron chi connectivity index (χ3n) is 4.49. The van der Waals surface area contributed by atoms with Gasteiger partial charge in [0.1, 0.15) is 11.4 Å². The van der Waals surface area contributed by atoms with Crippen LogP contribution in [0.5, 0.6) is 5.75 Å². The van der Waals surface area contributed by atoms with E-state index in [0.717, 1.165) is 23.3 Å². The summed E-state index contributed by atoms with van der Waals surface area (Å²) >= 11 is 6.13. The lowest BCUT2D eigenvalue weighted by Gasteiger charge is -2.32. The number of nitrogens with one attached hydrogen (secondary N) is 1. The minimum absolute atomic E-state index is 0.132. The quantitative estimate of drug-likeness (QED) is 0.797. The molecule has 1 aromatic carbocycles. The van der Waals surface area contributed by atoms with Crippen LogP contribution in [0.2, 0.25) is 5.02 Å². The number of anilines is 2. The number of rotatable bonds is 5. The van der Waals surface area contributed by atoms with Gasteiger partial charge in [-0.15, -0.1) is 0 Å². The molecule has 0 unspecified atom stereocenters. The Morgan fingerprint density at radius 3 is 2.59 bits per heavy atom. The first kappa shape index (κ1) is 19.0. The van der Waals surface area contributed by atoms with E-state index in [-0.39, 0.29) is 5.91 Å². The van der Waals surface area contributed by atoms with Gasteiger partial charge in [0.2, 0.25) is 6.41 Å². The number of methoxy groups -OCH3 is 1. The van der Waals surface area contributed by atoms with Crippen molar-refractivity contribution in [2.45, 2.75) is 6.92 Å². The Hall–Kier alpha value is -2.80. The number of aryl methyl sites for hydroxylation is 1. The average Bonchev–Trinajstić information content (AvgIpc) is 2.70. The topological polar surface area (TPSA) is 74.8 Å². The maximum atomic E-state index is 12.5. The van der Waals surface area contributed by atoms with Gasteiger partial charge in [0.25, 0.3) is 5.91 Å². The van der Waals surface area contributed by atoms with Crippen molar-refractivity contribution in [1.29, 1.82) is 0 Å². The number of piperazine rings is 1. The molecule has 0 saturated carbocycles. The summed E-state index contributed by atoms with van der Waals surface area (Å²) in [7, 11) is 1.58. The fourth-order valence-corrected chi connectivity index (χ4v) is 3.03. The zero-order valence-electron chi connectivity index (χ0n) is 15.2. The Labute approximate surface area is 162 Å². The number of carbonyl (C=O) groups is 2. The largest absolute Gasteiger partial charge is 0.495 e. The summed E-state index contributed by atoms with van der Waals surface area (Å²) in [5, 5.41) is 3.86. The Balaban J connectivity index is 1.70. The molecule has 1 aromatic heterocycles. The fourth-order valence-electron chi connectivity index (χ4n) is 2.87. The van der Waals surface area contributed by atoms with Crippen molar-refractivity contribution in [2.24, 2.45) is 0 Å². The first-order valence-electron chi connectivity index (χ1n) is 8.57. The summed E-state index contributed by atoms with van der Waals surface area (Å²) < 4.78 is 5.36. The number of pyridine rings is 1. The van der Waals surface area contributed by atoms with Crippen LogP contribution in [0.25, 0.3) is 0 Å². The Morgan fingerprint density at radius 1 is 1.26 bits per heavy atom. The molecule has 27 heavy (non-hydrogen) atoms. The van der Waals surface area contributed by atoms with E-state index < -0.39 is 0 Å². The number of hydrogen-bond acceptors (Lipinski definition) is 5. The van der Waals surface area contributed by atoms with E-state index in [1.54, 1.807) is 41.3 Å². The molecular formula is C19H21ClN4O3. The summed E-state index contributed by atoms with van der Waals surface area (Å²) in [6.07, 6.45) is 2.42. The third-order valence-corrected chi connectivity index (χ3v) is 4.90. The molecule has 0 bridgehead atoms. The van der Waals surface area contributed by atoms with Crippen LogP contribution in [0.1, 0.15) is 16.1 Å². The smallest absolute Gasteiger partial charge is 0.272 e. The van der Waals surface area contributed by atoms with E-state index in [4.69, 9.17) is 16.3 Å². The zero-order valence-corrected chi connectivity index (χ0v) is 16.0. The highest BCUT2D eigenvalue weighted by Crippen LogP contribution is 2.32. The van der Waals surface area contributed by atoms with E-state index >= 15 is 0 Å². The van der Waals surface area contributed by atoms with Gasteiger partial charge in [0.05, 0.1) is 24.7 Å². The molecule has 2 heterocycles. The van der Waals surface area contributed by atoms with Crippen molar-refractivity contribution in [3.05, 3.63) is 46.7 Å². The molecule has 142 valence electrons. The van der Waals surface area contributed by atoms with Crippen LogP contribution in [0.4, 0.5) is 11.4 Å². The predicted octanol–water partition coefficient (Wildman–Crippen LogP) is 2.71. The highest BCUT2D eigenvalue weighted by Gasteiger charge is 2.22. The van der Waals surface area contributed by atoms with Gasteiger partial charge in [-0.2, -0.15) is 0 Å². The molecule has 2 aromatic rings. The maximum Gasteiger partial charge on any atom is 0.272 e. The van der Waals surface area contributed by atoms with Crippen LogP contribution in [0.3, 0.4) is 0 Å². The van der Waals surface area contributed by atoms with E-state index in [1.165, 1.54) is 0 Å². The van der Waals surface area contributed by atoms with Gasteiger partial charge < -0.3 is 19.9 Å². The molecule has 1 N–H and O–H groups in total. The second kappa shape index (κ2) is 8.26. The van der Waals surface area contributed by atoms with Gasteiger partial charge in [-0.05, 0) is 30.7 Å². The number of carbonyl (C=O) groups excluding carboxylic acids is 2. The number of nitrogens with zero attached hydrogens (tertiary/aromatic N) is 3.